The van der Waals surface area contributed by atoms with Crippen molar-refractivity contribution in [3.63, 3.8) is 0 Å². The third-order valence-electron chi connectivity index (χ3n) is 3.82. The largest absolute Gasteiger partial charge is 0.356 e. The minimum absolute atomic E-state index is 0.137. The van der Waals surface area contributed by atoms with E-state index in [0.717, 1.165) is 32.5 Å². The van der Waals surface area contributed by atoms with E-state index in [9.17, 15) is 4.79 Å². The van der Waals surface area contributed by atoms with Gasteiger partial charge in [0.05, 0.1) is 0 Å². The van der Waals surface area contributed by atoms with E-state index in [1.807, 2.05) is 24.3 Å². The molecule has 2 aromatic carbocycles. The van der Waals surface area contributed by atoms with Crippen LogP contribution in [0.5, 0.6) is 0 Å². The van der Waals surface area contributed by atoms with E-state index in [1.54, 1.807) is 0 Å². The van der Waals surface area contributed by atoms with Crippen LogP contribution >= 0.6 is 0 Å². The van der Waals surface area contributed by atoms with Crippen LogP contribution in [-0.4, -0.2) is 30.9 Å². The lowest BCUT2D eigenvalue weighted by atomic mass is 10.1. The van der Waals surface area contributed by atoms with Crippen LogP contribution in [0.3, 0.4) is 0 Å². The number of carbonyl (C=O) groups is 1. The zero-order valence-corrected chi connectivity index (χ0v) is 13.9. The summed E-state index contributed by atoms with van der Waals surface area (Å²) in [6.07, 6.45) is 2.54. The maximum atomic E-state index is 11.9. The zero-order chi connectivity index (χ0) is 16.3. The van der Waals surface area contributed by atoms with E-state index in [4.69, 9.17) is 0 Å². The molecule has 3 nitrogen and oxygen atoms in total. The van der Waals surface area contributed by atoms with Crippen LogP contribution in [0, 0.1) is 0 Å². The first-order valence-electron chi connectivity index (χ1n) is 8.27. The summed E-state index contributed by atoms with van der Waals surface area (Å²) in [5.74, 6) is 0.137. The Morgan fingerprint density at radius 3 is 2.22 bits per heavy atom. The van der Waals surface area contributed by atoms with Crippen molar-refractivity contribution in [3.05, 3.63) is 71.8 Å². The van der Waals surface area contributed by atoms with Crippen molar-refractivity contribution in [1.82, 2.24) is 10.2 Å². The highest BCUT2D eigenvalue weighted by atomic mass is 16.1. The Hall–Kier alpha value is -2.13. The molecule has 0 unspecified atom stereocenters. The molecule has 0 heterocycles. The molecule has 0 saturated heterocycles. The van der Waals surface area contributed by atoms with E-state index in [1.165, 1.54) is 11.1 Å². The van der Waals surface area contributed by atoms with Crippen LogP contribution < -0.4 is 5.32 Å². The summed E-state index contributed by atoms with van der Waals surface area (Å²) in [5, 5.41) is 3.01. The molecular weight excluding hydrogens is 284 g/mol. The summed E-state index contributed by atoms with van der Waals surface area (Å²) in [6.45, 7) is 2.40. The molecule has 0 aromatic heterocycles. The van der Waals surface area contributed by atoms with Crippen molar-refractivity contribution in [1.29, 1.82) is 0 Å². The highest BCUT2D eigenvalue weighted by Crippen LogP contribution is 2.03. The van der Waals surface area contributed by atoms with E-state index in [-0.39, 0.29) is 5.91 Å². The quantitative estimate of drug-likeness (QED) is 0.721. The first kappa shape index (κ1) is 17.2. The molecule has 0 aliphatic rings. The number of carbonyl (C=O) groups excluding carboxylic acids is 1. The standard InChI is InChI=1S/C20H26N2O/c1-22(17-19-11-6-3-7-12-19)16-14-20(23)21-15-8-13-18-9-4-2-5-10-18/h2-7,9-12H,8,13-17H2,1H3,(H,21,23). The fraction of sp³-hybridized carbons (Fsp3) is 0.350. The van der Waals surface area contributed by atoms with Gasteiger partial charge >= 0.3 is 0 Å². The van der Waals surface area contributed by atoms with Gasteiger partial charge in [-0.15, -0.1) is 0 Å². The molecule has 0 aliphatic heterocycles. The molecule has 1 amide bonds. The number of hydrogen-bond acceptors (Lipinski definition) is 2. The number of amides is 1. The van der Waals surface area contributed by atoms with Gasteiger partial charge in [-0.2, -0.15) is 0 Å². The average Bonchev–Trinajstić information content (AvgIpc) is 2.59. The molecule has 2 aromatic rings. The summed E-state index contributed by atoms with van der Waals surface area (Å²) in [7, 11) is 2.05. The van der Waals surface area contributed by atoms with Crippen LogP contribution in [0.15, 0.2) is 60.7 Å². The Kier molecular flexibility index (Phi) is 7.34. The van der Waals surface area contributed by atoms with Crippen molar-refractivity contribution in [2.75, 3.05) is 20.1 Å². The molecule has 122 valence electrons. The van der Waals surface area contributed by atoms with Crippen molar-refractivity contribution >= 4 is 5.91 Å². The predicted molar refractivity (Wildman–Crippen MR) is 95.2 cm³/mol. The van der Waals surface area contributed by atoms with Gasteiger partial charge in [-0.25, -0.2) is 0 Å². The molecule has 1 N–H and O–H groups in total. The number of benzene rings is 2. The van der Waals surface area contributed by atoms with E-state index in [2.05, 4.69) is 53.7 Å². The molecule has 0 aliphatic carbocycles. The third kappa shape index (κ3) is 7.11. The second-order valence-corrected chi connectivity index (χ2v) is 5.91. The van der Waals surface area contributed by atoms with Crippen molar-refractivity contribution < 1.29 is 4.79 Å². The lowest BCUT2D eigenvalue weighted by Gasteiger charge is -2.16. The fourth-order valence-electron chi connectivity index (χ4n) is 2.52. The smallest absolute Gasteiger partial charge is 0.221 e. The third-order valence-corrected chi connectivity index (χ3v) is 3.82. The maximum Gasteiger partial charge on any atom is 0.221 e. The van der Waals surface area contributed by atoms with E-state index in [0.29, 0.717) is 6.42 Å². The minimum atomic E-state index is 0.137. The van der Waals surface area contributed by atoms with Gasteiger partial charge in [0.25, 0.3) is 0 Å². The molecular formula is C20H26N2O. The Morgan fingerprint density at radius 2 is 1.57 bits per heavy atom. The van der Waals surface area contributed by atoms with Gasteiger partial charge < -0.3 is 10.2 Å². The number of rotatable bonds is 9. The Morgan fingerprint density at radius 1 is 0.957 bits per heavy atom. The second kappa shape index (κ2) is 9.80. The van der Waals surface area contributed by atoms with Crippen LogP contribution in [-0.2, 0) is 17.8 Å². The molecule has 0 spiro atoms. The summed E-state index contributed by atoms with van der Waals surface area (Å²) in [6, 6.07) is 20.7. The van der Waals surface area contributed by atoms with E-state index >= 15 is 0 Å². The normalized spacial score (nSPS) is 10.7. The van der Waals surface area contributed by atoms with Crippen LogP contribution in [0.2, 0.25) is 0 Å². The first-order chi connectivity index (χ1) is 11.2. The first-order valence-corrected chi connectivity index (χ1v) is 8.27. The second-order valence-electron chi connectivity index (χ2n) is 5.91. The van der Waals surface area contributed by atoms with Gasteiger partial charge in [0.2, 0.25) is 5.91 Å². The maximum absolute atomic E-state index is 11.9. The topological polar surface area (TPSA) is 32.3 Å². The minimum Gasteiger partial charge on any atom is -0.356 e. The van der Waals surface area contributed by atoms with Crippen molar-refractivity contribution in [3.8, 4) is 0 Å². The average molecular weight is 310 g/mol. The van der Waals surface area contributed by atoms with Gasteiger partial charge in [0.15, 0.2) is 0 Å². The fourth-order valence-corrected chi connectivity index (χ4v) is 2.52. The SMILES string of the molecule is CN(CCC(=O)NCCCc1ccccc1)Cc1ccccc1. The molecule has 23 heavy (non-hydrogen) atoms. The highest BCUT2D eigenvalue weighted by molar-refractivity contribution is 5.76. The summed E-state index contributed by atoms with van der Waals surface area (Å²) < 4.78 is 0. The van der Waals surface area contributed by atoms with Crippen LogP contribution in [0.4, 0.5) is 0 Å². The molecule has 0 saturated carbocycles. The van der Waals surface area contributed by atoms with Gasteiger partial charge in [0.1, 0.15) is 0 Å². The number of nitrogens with one attached hydrogen (secondary N) is 1. The Bertz CT molecular complexity index is 569. The van der Waals surface area contributed by atoms with Crippen molar-refractivity contribution in [2.24, 2.45) is 0 Å². The number of aryl methyl sites for hydroxylation is 1. The van der Waals surface area contributed by atoms with Crippen LogP contribution in [0.25, 0.3) is 0 Å². The Labute approximate surface area is 139 Å². The van der Waals surface area contributed by atoms with Crippen molar-refractivity contribution in [2.45, 2.75) is 25.8 Å². The summed E-state index contributed by atoms with van der Waals surface area (Å²) >= 11 is 0. The zero-order valence-electron chi connectivity index (χ0n) is 13.9. The van der Waals surface area contributed by atoms with Gasteiger partial charge in [-0.1, -0.05) is 60.7 Å². The lowest BCUT2D eigenvalue weighted by Crippen LogP contribution is -2.29. The molecule has 0 atom stereocenters. The van der Waals surface area contributed by atoms with Gasteiger partial charge in [-0.05, 0) is 31.0 Å². The van der Waals surface area contributed by atoms with Crippen LogP contribution in [0.1, 0.15) is 24.0 Å². The molecule has 0 radical (unpaired) electrons. The molecule has 0 fully saturated rings. The van der Waals surface area contributed by atoms with Gasteiger partial charge in [0, 0.05) is 26.1 Å². The molecule has 0 bridgehead atoms. The lowest BCUT2D eigenvalue weighted by molar-refractivity contribution is -0.121. The summed E-state index contributed by atoms with van der Waals surface area (Å²) in [5.41, 5.74) is 2.60. The number of hydrogen-bond donors (Lipinski definition) is 1. The summed E-state index contributed by atoms with van der Waals surface area (Å²) in [4.78, 5) is 14.1. The predicted octanol–water partition coefficient (Wildman–Crippen LogP) is 3.26. The molecule has 3 heteroatoms. The number of nitrogens with zero attached hydrogens (tertiary/aromatic N) is 1. The monoisotopic (exact) mass is 310 g/mol. The van der Waals surface area contributed by atoms with E-state index < -0.39 is 0 Å². The molecule has 2 rings (SSSR count). The van der Waals surface area contributed by atoms with Gasteiger partial charge in [-0.3, -0.25) is 4.79 Å². The Balaban J connectivity index is 1.56. The highest BCUT2D eigenvalue weighted by Gasteiger charge is 2.05.